The molecule has 0 aliphatic rings. The molecular formula is C21H17FN2O3. The van der Waals surface area contributed by atoms with Gasteiger partial charge in [-0.25, -0.2) is 4.39 Å². The van der Waals surface area contributed by atoms with Crippen LogP contribution in [-0.4, -0.2) is 18.4 Å². The van der Waals surface area contributed by atoms with E-state index in [1.54, 1.807) is 18.2 Å². The van der Waals surface area contributed by atoms with Crippen LogP contribution in [0, 0.1) is 5.82 Å². The van der Waals surface area contributed by atoms with Crippen LogP contribution >= 0.6 is 0 Å². The molecule has 0 saturated carbocycles. The average molecular weight is 364 g/mol. The van der Waals surface area contributed by atoms with E-state index in [4.69, 9.17) is 4.74 Å². The fourth-order valence-electron chi connectivity index (χ4n) is 2.38. The molecule has 0 aliphatic heterocycles. The van der Waals surface area contributed by atoms with Crippen LogP contribution in [0.1, 0.15) is 10.4 Å². The molecule has 0 fully saturated rings. The van der Waals surface area contributed by atoms with Crippen molar-refractivity contribution < 1.29 is 18.7 Å². The number of rotatable bonds is 5. The van der Waals surface area contributed by atoms with Gasteiger partial charge in [-0.3, -0.25) is 20.4 Å². The van der Waals surface area contributed by atoms with Crippen molar-refractivity contribution in [1.82, 2.24) is 10.9 Å². The van der Waals surface area contributed by atoms with E-state index in [1.165, 1.54) is 18.2 Å². The number of nitrogens with one attached hydrogen (secondary N) is 2. The first-order valence-corrected chi connectivity index (χ1v) is 8.25. The van der Waals surface area contributed by atoms with Crippen LogP contribution in [0.25, 0.3) is 11.1 Å². The first-order chi connectivity index (χ1) is 13.1. The van der Waals surface area contributed by atoms with E-state index in [0.717, 1.165) is 11.1 Å². The molecule has 0 bridgehead atoms. The van der Waals surface area contributed by atoms with Crippen LogP contribution in [-0.2, 0) is 4.79 Å². The molecule has 3 rings (SSSR count). The van der Waals surface area contributed by atoms with Crippen LogP contribution in [0.4, 0.5) is 4.39 Å². The molecule has 2 N–H and O–H groups in total. The van der Waals surface area contributed by atoms with Gasteiger partial charge in [-0.2, -0.15) is 0 Å². The third-order valence-corrected chi connectivity index (χ3v) is 3.77. The third-order valence-electron chi connectivity index (χ3n) is 3.77. The van der Waals surface area contributed by atoms with Crippen LogP contribution in [0.5, 0.6) is 5.75 Å². The van der Waals surface area contributed by atoms with Crippen LogP contribution < -0.4 is 15.6 Å². The molecule has 136 valence electrons. The highest BCUT2D eigenvalue weighted by Crippen LogP contribution is 2.19. The Labute approximate surface area is 155 Å². The van der Waals surface area contributed by atoms with Crippen molar-refractivity contribution in [3.05, 3.63) is 90.2 Å². The SMILES string of the molecule is O=C(COc1ccccc1F)NNC(=O)c1ccc(-c2ccccc2)cc1. The van der Waals surface area contributed by atoms with Crippen LogP contribution in [0.3, 0.4) is 0 Å². The molecule has 3 aromatic carbocycles. The molecule has 0 heterocycles. The van der Waals surface area contributed by atoms with Gasteiger partial charge in [-0.15, -0.1) is 0 Å². The summed E-state index contributed by atoms with van der Waals surface area (Å²) in [7, 11) is 0. The predicted molar refractivity (Wildman–Crippen MR) is 99.4 cm³/mol. The number of hydrogen-bond donors (Lipinski definition) is 2. The molecule has 0 aliphatic carbocycles. The van der Waals surface area contributed by atoms with Crippen LogP contribution in [0.15, 0.2) is 78.9 Å². The van der Waals surface area contributed by atoms with Gasteiger partial charge < -0.3 is 4.74 Å². The lowest BCUT2D eigenvalue weighted by atomic mass is 10.0. The maximum Gasteiger partial charge on any atom is 0.276 e. The zero-order valence-electron chi connectivity index (χ0n) is 14.3. The number of carbonyl (C=O) groups is 2. The standard InChI is InChI=1S/C21H17FN2O3/c22-18-8-4-5-9-19(18)27-14-20(25)23-24-21(26)17-12-10-16(11-13-17)15-6-2-1-3-7-15/h1-13H,14H2,(H,23,25)(H,24,26). The quantitative estimate of drug-likeness (QED) is 0.683. The van der Waals surface area contributed by atoms with Gasteiger partial charge in [0.25, 0.3) is 11.8 Å². The van der Waals surface area contributed by atoms with E-state index < -0.39 is 24.2 Å². The topological polar surface area (TPSA) is 67.4 Å². The van der Waals surface area contributed by atoms with E-state index in [2.05, 4.69) is 10.9 Å². The fourth-order valence-corrected chi connectivity index (χ4v) is 2.38. The molecule has 2 amide bonds. The lowest BCUT2D eigenvalue weighted by Crippen LogP contribution is -2.43. The van der Waals surface area contributed by atoms with Gasteiger partial charge in [0.2, 0.25) is 0 Å². The maximum absolute atomic E-state index is 13.4. The molecule has 0 radical (unpaired) electrons. The Kier molecular flexibility index (Phi) is 5.79. The minimum Gasteiger partial charge on any atom is -0.481 e. The molecule has 0 aromatic heterocycles. The summed E-state index contributed by atoms with van der Waals surface area (Å²) >= 11 is 0. The smallest absolute Gasteiger partial charge is 0.276 e. The molecule has 3 aromatic rings. The summed E-state index contributed by atoms with van der Waals surface area (Å²) in [6.07, 6.45) is 0. The molecule has 6 heteroatoms. The minimum atomic E-state index is -0.604. The number of amides is 2. The number of benzene rings is 3. The monoisotopic (exact) mass is 364 g/mol. The Morgan fingerprint density at radius 3 is 2.11 bits per heavy atom. The molecule has 0 saturated heterocycles. The Morgan fingerprint density at radius 2 is 1.41 bits per heavy atom. The van der Waals surface area contributed by atoms with E-state index >= 15 is 0 Å². The highest BCUT2D eigenvalue weighted by molar-refractivity contribution is 5.95. The van der Waals surface area contributed by atoms with Crippen molar-refractivity contribution in [2.45, 2.75) is 0 Å². The van der Waals surface area contributed by atoms with Crippen molar-refractivity contribution in [3.63, 3.8) is 0 Å². The highest BCUT2D eigenvalue weighted by Gasteiger charge is 2.09. The molecule has 0 spiro atoms. The van der Waals surface area contributed by atoms with Crippen molar-refractivity contribution in [2.24, 2.45) is 0 Å². The van der Waals surface area contributed by atoms with Gasteiger partial charge in [-0.05, 0) is 35.4 Å². The zero-order valence-corrected chi connectivity index (χ0v) is 14.3. The number of hydrazine groups is 1. The lowest BCUT2D eigenvalue weighted by Gasteiger charge is -2.09. The van der Waals surface area contributed by atoms with Gasteiger partial charge in [0.15, 0.2) is 18.2 Å². The zero-order chi connectivity index (χ0) is 19.1. The second-order valence-electron chi connectivity index (χ2n) is 5.66. The summed E-state index contributed by atoms with van der Waals surface area (Å²) in [4.78, 5) is 23.8. The molecule has 5 nitrogen and oxygen atoms in total. The summed E-state index contributed by atoms with van der Waals surface area (Å²) < 4.78 is 18.5. The summed E-state index contributed by atoms with van der Waals surface area (Å²) in [6, 6.07) is 22.5. The summed E-state index contributed by atoms with van der Waals surface area (Å²) in [6.45, 7) is -0.422. The number of carbonyl (C=O) groups excluding carboxylic acids is 2. The Balaban J connectivity index is 1.50. The molecule has 0 unspecified atom stereocenters. The van der Waals surface area contributed by atoms with Gasteiger partial charge >= 0.3 is 0 Å². The minimum absolute atomic E-state index is 0.0320. The van der Waals surface area contributed by atoms with Crippen molar-refractivity contribution in [1.29, 1.82) is 0 Å². The number of hydrogen-bond acceptors (Lipinski definition) is 3. The first kappa shape index (κ1) is 18.1. The number of halogens is 1. The van der Waals surface area contributed by atoms with Crippen molar-refractivity contribution >= 4 is 11.8 Å². The van der Waals surface area contributed by atoms with Crippen LogP contribution in [0.2, 0.25) is 0 Å². The van der Waals surface area contributed by atoms with E-state index in [0.29, 0.717) is 5.56 Å². The summed E-state index contributed by atoms with van der Waals surface area (Å²) in [5, 5.41) is 0. The second kappa shape index (κ2) is 8.62. The summed E-state index contributed by atoms with van der Waals surface area (Å²) in [5.74, 6) is -1.66. The maximum atomic E-state index is 13.4. The Bertz CT molecular complexity index is 928. The normalized spacial score (nSPS) is 10.1. The third kappa shape index (κ3) is 4.92. The average Bonchev–Trinajstić information content (AvgIpc) is 2.72. The highest BCUT2D eigenvalue weighted by atomic mass is 19.1. The van der Waals surface area contributed by atoms with Crippen molar-refractivity contribution in [3.8, 4) is 16.9 Å². The van der Waals surface area contributed by atoms with Gasteiger partial charge in [0, 0.05) is 5.56 Å². The largest absolute Gasteiger partial charge is 0.481 e. The summed E-state index contributed by atoms with van der Waals surface area (Å²) in [5.41, 5.74) is 6.95. The van der Waals surface area contributed by atoms with E-state index in [9.17, 15) is 14.0 Å². The molecular weight excluding hydrogens is 347 g/mol. The predicted octanol–water partition coefficient (Wildman–Crippen LogP) is 3.33. The number of para-hydroxylation sites is 1. The number of ether oxygens (including phenoxy) is 1. The van der Waals surface area contributed by atoms with Gasteiger partial charge in [-0.1, -0.05) is 54.6 Å². The Hall–Kier alpha value is -3.67. The molecule has 0 atom stereocenters. The van der Waals surface area contributed by atoms with Gasteiger partial charge in [0.1, 0.15) is 0 Å². The van der Waals surface area contributed by atoms with Gasteiger partial charge in [0.05, 0.1) is 0 Å². The molecule has 27 heavy (non-hydrogen) atoms. The van der Waals surface area contributed by atoms with E-state index in [-0.39, 0.29) is 5.75 Å². The fraction of sp³-hybridized carbons (Fsp3) is 0.0476. The first-order valence-electron chi connectivity index (χ1n) is 8.25. The van der Waals surface area contributed by atoms with Crippen molar-refractivity contribution in [2.75, 3.05) is 6.61 Å². The second-order valence-corrected chi connectivity index (χ2v) is 5.66. The Morgan fingerprint density at radius 1 is 0.778 bits per heavy atom. The lowest BCUT2D eigenvalue weighted by molar-refractivity contribution is -0.123. The van der Waals surface area contributed by atoms with E-state index in [1.807, 2.05) is 42.5 Å².